The third kappa shape index (κ3) is 7.27. The summed E-state index contributed by atoms with van der Waals surface area (Å²) in [4.78, 5) is 11.5. The Morgan fingerprint density at radius 3 is 3.06 bits per heavy atom. The van der Waals surface area contributed by atoms with Crippen LogP contribution in [0.5, 0.6) is 0 Å². The number of nitrogens with one attached hydrogen (secondary N) is 2. The van der Waals surface area contributed by atoms with Crippen LogP contribution in [0.25, 0.3) is 0 Å². The SMILES string of the molecule is COCCOCCNC(=O)CC1COCCN1. The predicted molar refractivity (Wildman–Crippen MR) is 62.9 cm³/mol. The van der Waals surface area contributed by atoms with E-state index in [1.165, 1.54) is 0 Å². The second-order valence-corrected chi connectivity index (χ2v) is 3.89. The van der Waals surface area contributed by atoms with Gasteiger partial charge in [0.1, 0.15) is 0 Å². The van der Waals surface area contributed by atoms with Crippen molar-refractivity contribution in [3.8, 4) is 0 Å². The van der Waals surface area contributed by atoms with Gasteiger partial charge >= 0.3 is 0 Å². The highest BCUT2D eigenvalue weighted by atomic mass is 16.5. The van der Waals surface area contributed by atoms with Gasteiger partial charge in [0.05, 0.1) is 33.0 Å². The summed E-state index contributed by atoms with van der Waals surface area (Å²) in [5.74, 6) is 0.0309. The number of carbonyl (C=O) groups excluding carboxylic acids is 1. The molecule has 0 radical (unpaired) electrons. The molecule has 2 N–H and O–H groups in total. The van der Waals surface area contributed by atoms with Gasteiger partial charge in [-0.15, -0.1) is 0 Å². The fourth-order valence-electron chi connectivity index (χ4n) is 1.55. The van der Waals surface area contributed by atoms with Crippen molar-refractivity contribution in [2.24, 2.45) is 0 Å². The summed E-state index contributed by atoms with van der Waals surface area (Å²) in [7, 11) is 1.63. The average molecular weight is 246 g/mol. The molecule has 17 heavy (non-hydrogen) atoms. The highest BCUT2D eigenvalue weighted by molar-refractivity contribution is 5.76. The summed E-state index contributed by atoms with van der Waals surface area (Å²) in [6.07, 6.45) is 0.456. The zero-order valence-corrected chi connectivity index (χ0v) is 10.4. The molecular formula is C11H22N2O4. The first kappa shape index (κ1) is 14.4. The molecule has 1 heterocycles. The maximum absolute atomic E-state index is 11.5. The van der Waals surface area contributed by atoms with Crippen molar-refractivity contribution in [3.05, 3.63) is 0 Å². The fourth-order valence-corrected chi connectivity index (χ4v) is 1.55. The predicted octanol–water partition coefficient (Wildman–Crippen LogP) is -0.856. The molecule has 0 spiro atoms. The van der Waals surface area contributed by atoms with Gasteiger partial charge in [0.25, 0.3) is 0 Å². The molecule has 1 amide bonds. The molecule has 0 aliphatic carbocycles. The van der Waals surface area contributed by atoms with Crippen LogP contribution in [0.15, 0.2) is 0 Å². The lowest BCUT2D eigenvalue weighted by Crippen LogP contribution is -2.44. The molecule has 1 aliphatic heterocycles. The van der Waals surface area contributed by atoms with Gasteiger partial charge in [-0.25, -0.2) is 0 Å². The number of rotatable bonds is 8. The fraction of sp³-hybridized carbons (Fsp3) is 0.909. The summed E-state index contributed by atoms with van der Waals surface area (Å²) >= 11 is 0. The van der Waals surface area contributed by atoms with E-state index in [1.54, 1.807) is 7.11 Å². The van der Waals surface area contributed by atoms with Crippen LogP contribution in [0.1, 0.15) is 6.42 Å². The molecule has 0 bridgehead atoms. The average Bonchev–Trinajstić information content (AvgIpc) is 2.35. The molecule has 6 heteroatoms. The monoisotopic (exact) mass is 246 g/mol. The Morgan fingerprint density at radius 2 is 2.35 bits per heavy atom. The standard InChI is InChI=1S/C11H22N2O4/c1-15-6-7-16-4-3-13-11(14)8-10-9-17-5-2-12-10/h10,12H,2-9H2,1H3,(H,13,14). The Hall–Kier alpha value is -0.690. The van der Waals surface area contributed by atoms with Crippen molar-refractivity contribution in [2.45, 2.75) is 12.5 Å². The summed E-state index contributed by atoms with van der Waals surface area (Å²) in [6.45, 7) is 4.35. The Kier molecular flexibility index (Phi) is 7.91. The third-order valence-electron chi connectivity index (χ3n) is 2.43. The topological polar surface area (TPSA) is 68.8 Å². The van der Waals surface area contributed by atoms with Gasteiger partial charge in [-0.2, -0.15) is 0 Å². The van der Waals surface area contributed by atoms with E-state index in [9.17, 15) is 4.79 Å². The van der Waals surface area contributed by atoms with Crippen LogP contribution < -0.4 is 10.6 Å². The Balaban J connectivity index is 1.93. The number of morpholine rings is 1. The molecule has 1 rings (SSSR count). The minimum atomic E-state index is 0.0309. The van der Waals surface area contributed by atoms with E-state index in [0.29, 0.717) is 39.4 Å². The van der Waals surface area contributed by atoms with Gasteiger partial charge in [0.2, 0.25) is 5.91 Å². The Labute approximate surface area is 102 Å². The molecule has 1 atom stereocenters. The van der Waals surface area contributed by atoms with Crippen molar-refractivity contribution >= 4 is 5.91 Å². The van der Waals surface area contributed by atoms with E-state index in [0.717, 1.165) is 13.2 Å². The van der Waals surface area contributed by atoms with Gasteiger partial charge in [-0.3, -0.25) is 4.79 Å². The molecule has 0 aromatic rings. The van der Waals surface area contributed by atoms with Crippen molar-refractivity contribution < 1.29 is 19.0 Å². The lowest BCUT2D eigenvalue weighted by molar-refractivity contribution is -0.122. The minimum absolute atomic E-state index is 0.0309. The molecule has 1 fully saturated rings. The molecule has 0 aromatic heterocycles. The number of amides is 1. The summed E-state index contributed by atoms with van der Waals surface area (Å²) in [6, 6.07) is 0.137. The smallest absolute Gasteiger partial charge is 0.221 e. The first-order chi connectivity index (χ1) is 8.33. The molecule has 1 unspecified atom stereocenters. The molecule has 1 saturated heterocycles. The zero-order chi connectivity index (χ0) is 12.3. The van der Waals surface area contributed by atoms with Crippen molar-refractivity contribution in [3.63, 3.8) is 0 Å². The number of hydrogen-bond acceptors (Lipinski definition) is 5. The van der Waals surface area contributed by atoms with Crippen LogP contribution in [-0.4, -0.2) is 65.2 Å². The summed E-state index contributed by atoms with van der Waals surface area (Å²) < 4.78 is 15.3. The van der Waals surface area contributed by atoms with Crippen molar-refractivity contribution in [1.82, 2.24) is 10.6 Å². The zero-order valence-electron chi connectivity index (χ0n) is 10.4. The third-order valence-corrected chi connectivity index (χ3v) is 2.43. The van der Waals surface area contributed by atoms with Gasteiger partial charge in [0, 0.05) is 32.7 Å². The highest BCUT2D eigenvalue weighted by Crippen LogP contribution is 1.97. The van der Waals surface area contributed by atoms with Gasteiger partial charge < -0.3 is 24.8 Å². The largest absolute Gasteiger partial charge is 0.382 e. The molecule has 100 valence electrons. The summed E-state index contributed by atoms with van der Waals surface area (Å²) in [5.41, 5.74) is 0. The molecule has 0 aromatic carbocycles. The maximum atomic E-state index is 11.5. The van der Waals surface area contributed by atoms with E-state index in [4.69, 9.17) is 14.2 Å². The molecular weight excluding hydrogens is 224 g/mol. The number of methoxy groups -OCH3 is 1. The van der Waals surface area contributed by atoms with E-state index in [1.807, 2.05) is 0 Å². The second kappa shape index (κ2) is 9.35. The molecule has 0 saturated carbocycles. The second-order valence-electron chi connectivity index (χ2n) is 3.89. The first-order valence-electron chi connectivity index (χ1n) is 5.97. The van der Waals surface area contributed by atoms with Gasteiger partial charge in [0.15, 0.2) is 0 Å². The number of hydrogen-bond donors (Lipinski definition) is 2. The quantitative estimate of drug-likeness (QED) is 0.546. The number of ether oxygens (including phenoxy) is 3. The Bertz CT molecular complexity index is 208. The van der Waals surface area contributed by atoms with Gasteiger partial charge in [-0.05, 0) is 0 Å². The van der Waals surface area contributed by atoms with Crippen LogP contribution >= 0.6 is 0 Å². The maximum Gasteiger partial charge on any atom is 0.221 e. The van der Waals surface area contributed by atoms with E-state index in [2.05, 4.69) is 10.6 Å². The highest BCUT2D eigenvalue weighted by Gasteiger charge is 2.16. The van der Waals surface area contributed by atoms with E-state index >= 15 is 0 Å². The van der Waals surface area contributed by atoms with Crippen LogP contribution in [0, 0.1) is 0 Å². The Morgan fingerprint density at radius 1 is 1.47 bits per heavy atom. The van der Waals surface area contributed by atoms with Crippen molar-refractivity contribution in [2.75, 3.05) is 53.2 Å². The van der Waals surface area contributed by atoms with Gasteiger partial charge in [-0.1, -0.05) is 0 Å². The molecule has 6 nitrogen and oxygen atoms in total. The first-order valence-corrected chi connectivity index (χ1v) is 5.97. The number of carbonyl (C=O) groups is 1. The van der Waals surface area contributed by atoms with Crippen molar-refractivity contribution in [1.29, 1.82) is 0 Å². The van der Waals surface area contributed by atoms with Crippen LogP contribution in [0.3, 0.4) is 0 Å². The van der Waals surface area contributed by atoms with Crippen LogP contribution in [0.4, 0.5) is 0 Å². The lowest BCUT2D eigenvalue weighted by atomic mass is 10.2. The van der Waals surface area contributed by atoms with Crippen LogP contribution in [-0.2, 0) is 19.0 Å². The van der Waals surface area contributed by atoms with Crippen LogP contribution in [0.2, 0.25) is 0 Å². The lowest BCUT2D eigenvalue weighted by Gasteiger charge is -2.23. The molecule has 1 aliphatic rings. The minimum Gasteiger partial charge on any atom is -0.382 e. The van der Waals surface area contributed by atoms with E-state index < -0.39 is 0 Å². The normalized spacial score (nSPS) is 20.2. The van der Waals surface area contributed by atoms with E-state index in [-0.39, 0.29) is 11.9 Å². The summed E-state index contributed by atoms with van der Waals surface area (Å²) in [5, 5.41) is 6.04.